The molecule has 2 aliphatic rings. The Balaban J connectivity index is 1.48. The molecule has 210 valence electrons. The number of nitrogens with zero attached hydrogens (tertiary/aromatic N) is 2. The van der Waals surface area contributed by atoms with Crippen LogP contribution in [0.2, 0.25) is 0 Å². The maximum atomic E-state index is 13.4. The van der Waals surface area contributed by atoms with E-state index in [2.05, 4.69) is 5.32 Å². The van der Waals surface area contributed by atoms with Gasteiger partial charge in [-0.1, -0.05) is 30.3 Å². The Kier molecular flexibility index (Phi) is 7.68. The number of ether oxygens (including phenoxy) is 3. The summed E-state index contributed by atoms with van der Waals surface area (Å²) in [6.07, 6.45) is 1.66. The molecule has 1 saturated heterocycles. The number of carbonyl (C=O) groups excluding carboxylic acids is 4. The van der Waals surface area contributed by atoms with Crippen LogP contribution in [0.1, 0.15) is 27.0 Å². The average molecular weight is 560 g/mol. The Morgan fingerprint density at radius 1 is 1.10 bits per heavy atom. The van der Waals surface area contributed by atoms with Crippen molar-refractivity contribution in [3.63, 3.8) is 0 Å². The number of carbonyl (C=O) groups is 4. The lowest BCUT2D eigenvalue weighted by atomic mass is 9.97. The third-order valence-electron chi connectivity index (χ3n) is 6.76. The number of amides is 5. The molecule has 11 heteroatoms. The van der Waals surface area contributed by atoms with Crippen LogP contribution < -0.4 is 19.5 Å². The third kappa shape index (κ3) is 5.60. The summed E-state index contributed by atoms with van der Waals surface area (Å²) in [6, 6.07) is 15.0. The molecule has 5 amide bonds. The highest BCUT2D eigenvalue weighted by Gasteiger charge is 2.37. The Labute approximate surface area is 234 Å². The van der Waals surface area contributed by atoms with E-state index in [9.17, 15) is 23.6 Å². The molecule has 0 spiro atoms. The lowest BCUT2D eigenvalue weighted by molar-refractivity contribution is -0.130. The van der Waals surface area contributed by atoms with Gasteiger partial charge in [0.25, 0.3) is 17.7 Å². The number of barbiturate groups is 1. The lowest BCUT2D eigenvalue weighted by Crippen LogP contribution is -2.53. The summed E-state index contributed by atoms with van der Waals surface area (Å²) in [5.74, 6) is -1.37. The van der Waals surface area contributed by atoms with Crippen LogP contribution in [0, 0.1) is 5.82 Å². The molecule has 10 nitrogen and oxygen atoms in total. The van der Waals surface area contributed by atoms with E-state index in [0.29, 0.717) is 46.7 Å². The summed E-state index contributed by atoms with van der Waals surface area (Å²) in [5, 5.41) is 2.19. The molecule has 0 aromatic heterocycles. The van der Waals surface area contributed by atoms with Crippen molar-refractivity contribution >= 4 is 29.8 Å². The molecule has 2 heterocycles. The number of methoxy groups -OCH3 is 1. The topological polar surface area (TPSA) is 114 Å². The Hall–Kier alpha value is -5.19. The number of benzene rings is 3. The molecule has 0 saturated carbocycles. The van der Waals surface area contributed by atoms with Crippen LogP contribution in [0.5, 0.6) is 17.2 Å². The molecule has 5 rings (SSSR count). The third-order valence-corrected chi connectivity index (χ3v) is 6.76. The molecule has 0 unspecified atom stereocenters. The molecule has 0 aliphatic carbocycles. The number of urea groups is 1. The highest BCUT2D eigenvalue weighted by molar-refractivity contribution is 6.31. The van der Waals surface area contributed by atoms with E-state index in [0.717, 1.165) is 4.90 Å². The van der Waals surface area contributed by atoms with Crippen molar-refractivity contribution in [2.45, 2.75) is 13.0 Å². The zero-order chi connectivity index (χ0) is 29.1. The SMILES string of the molecule is COc1c(C=C2C(=O)NC(=O)N(Cc3ccc(F)cc3)C2=O)c(CCN(C)C(=O)c2ccccc2)cc2c1OCO2. The van der Waals surface area contributed by atoms with Crippen molar-refractivity contribution in [3.8, 4) is 17.2 Å². The fraction of sp³-hybridized carbons (Fsp3) is 0.200. The number of rotatable bonds is 8. The quantitative estimate of drug-likeness (QED) is 0.332. The highest BCUT2D eigenvalue weighted by atomic mass is 19.1. The summed E-state index contributed by atoms with van der Waals surface area (Å²) in [7, 11) is 3.09. The van der Waals surface area contributed by atoms with Crippen LogP contribution in [-0.4, -0.2) is 61.0 Å². The molecule has 3 aromatic rings. The Morgan fingerprint density at radius 2 is 1.83 bits per heavy atom. The fourth-order valence-electron chi connectivity index (χ4n) is 4.59. The van der Waals surface area contributed by atoms with Gasteiger partial charge in [0.2, 0.25) is 12.5 Å². The van der Waals surface area contributed by atoms with Crippen LogP contribution in [0.3, 0.4) is 0 Å². The second kappa shape index (κ2) is 11.5. The summed E-state index contributed by atoms with van der Waals surface area (Å²) in [4.78, 5) is 54.2. The number of nitrogens with one attached hydrogen (secondary N) is 1. The van der Waals surface area contributed by atoms with Gasteiger partial charge in [-0.25, -0.2) is 9.18 Å². The molecular weight excluding hydrogens is 533 g/mol. The molecule has 3 aromatic carbocycles. The zero-order valence-electron chi connectivity index (χ0n) is 22.3. The molecule has 0 radical (unpaired) electrons. The van der Waals surface area contributed by atoms with Gasteiger partial charge < -0.3 is 19.1 Å². The van der Waals surface area contributed by atoms with Crippen LogP contribution >= 0.6 is 0 Å². The highest BCUT2D eigenvalue weighted by Crippen LogP contribution is 2.46. The number of fused-ring (bicyclic) bond motifs is 1. The maximum Gasteiger partial charge on any atom is 0.331 e. The van der Waals surface area contributed by atoms with Crippen LogP contribution in [0.4, 0.5) is 9.18 Å². The first-order valence-electron chi connectivity index (χ1n) is 12.7. The summed E-state index contributed by atoms with van der Waals surface area (Å²) >= 11 is 0. The average Bonchev–Trinajstić information content (AvgIpc) is 3.45. The van der Waals surface area contributed by atoms with Gasteiger partial charge in [0.15, 0.2) is 11.5 Å². The van der Waals surface area contributed by atoms with Crippen molar-refractivity contribution in [3.05, 3.63) is 94.3 Å². The zero-order valence-corrected chi connectivity index (χ0v) is 22.3. The van der Waals surface area contributed by atoms with Gasteiger partial charge in [-0.2, -0.15) is 0 Å². The number of hydrogen-bond acceptors (Lipinski definition) is 7. The van der Waals surface area contributed by atoms with E-state index in [4.69, 9.17) is 14.2 Å². The number of hydrogen-bond donors (Lipinski definition) is 1. The second-order valence-corrected chi connectivity index (χ2v) is 9.39. The minimum Gasteiger partial charge on any atom is -0.492 e. The first-order chi connectivity index (χ1) is 19.8. The Morgan fingerprint density at radius 3 is 2.54 bits per heavy atom. The van der Waals surface area contributed by atoms with Gasteiger partial charge in [-0.3, -0.25) is 24.6 Å². The predicted molar refractivity (Wildman–Crippen MR) is 145 cm³/mol. The first-order valence-corrected chi connectivity index (χ1v) is 12.7. The van der Waals surface area contributed by atoms with Gasteiger partial charge in [0.1, 0.15) is 11.4 Å². The van der Waals surface area contributed by atoms with Crippen molar-refractivity contribution in [1.29, 1.82) is 0 Å². The first kappa shape index (κ1) is 27.4. The largest absolute Gasteiger partial charge is 0.492 e. The van der Waals surface area contributed by atoms with Crippen molar-refractivity contribution in [2.24, 2.45) is 0 Å². The minimum atomic E-state index is -0.889. The Bertz CT molecular complexity index is 1550. The monoisotopic (exact) mass is 559 g/mol. The maximum absolute atomic E-state index is 13.4. The summed E-state index contributed by atoms with van der Waals surface area (Å²) in [6.45, 7) is 0.0754. The van der Waals surface area contributed by atoms with Gasteiger partial charge >= 0.3 is 6.03 Å². The van der Waals surface area contributed by atoms with Crippen molar-refractivity contribution in [2.75, 3.05) is 27.5 Å². The minimum absolute atomic E-state index is 0.0447. The van der Waals surface area contributed by atoms with Crippen LogP contribution in [0.25, 0.3) is 6.08 Å². The predicted octanol–water partition coefficient (Wildman–Crippen LogP) is 3.54. The van der Waals surface area contributed by atoms with Gasteiger partial charge in [0.05, 0.1) is 13.7 Å². The normalized spacial score (nSPS) is 15.2. The molecule has 1 fully saturated rings. The van der Waals surface area contributed by atoms with Gasteiger partial charge in [-0.05, 0) is 54.0 Å². The van der Waals surface area contributed by atoms with E-state index in [1.165, 1.54) is 37.5 Å². The van der Waals surface area contributed by atoms with E-state index in [1.54, 1.807) is 42.3 Å². The second-order valence-electron chi connectivity index (χ2n) is 9.39. The number of imide groups is 2. The summed E-state index contributed by atoms with van der Waals surface area (Å²) in [5.41, 5.74) is 1.71. The van der Waals surface area contributed by atoms with Gasteiger partial charge in [-0.15, -0.1) is 0 Å². The lowest BCUT2D eigenvalue weighted by Gasteiger charge is -2.27. The molecule has 1 N–H and O–H groups in total. The molecule has 2 aliphatic heterocycles. The van der Waals surface area contributed by atoms with E-state index < -0.39 is 23.7 Å². The standard InChI is InChI=1S/C30H26FN3O7/c1-33(28(36)19-6-4-3-5-7-19)13-12-20-14-24-26(41-17-40-24)25(39-2)22(20)15-23-27(35)32-30(38)34(29(23)37)16-18-8-10-21(31)11-9-18/h3-11,14-15H,12-13,16-17H2,1-2H3,(H,32,35,38). The van der Waals surface area contributed by atoms with Gasteiger partial charge in [0, 0.05) is 24.7 Å². The van der Waals surface area contributed by atoms with E-state index >= 15 is 0 Å². The molecule has 0 atom stereocenters. The molecule has 41 heavy (non-hydrogen) atoms. The van der Waals surface area contributed by atoms with Crippen LogP contribution in [-0.2, 0) is 22.6 Å². The van der Waals surface area contributed by atoms with Crippen molar-refractivity contribution in [1.82, 2.24) is 15.1 Å². The number of halogens is 1. The smallest absolute Gasteiger partial charge is 0.331 e. The van der Waals surface area contributed by atoms with E-state index in [-0.39, 0.29) is 30.6 Å². The van der Waals surface area contributed by atoms with E-state index in [1.807, 2.05) is 6.07 Å². The molecule has 0 bridgehead atoms. The van der Waals surface area contributed by atoms with Crippen molar-refractivity contribution < 1.29 is 37.8 Å². The van der Waals surface area contributed by atoms with Crippen LogP contribution in [0.15, 0.2) is 66.2 Å². The molecular formula is C30H26FN3O7. The summed E-state index contributed by atoms with van der Waals surface area (Å²) < 4.78 is 30.1. The fourth-order valence-corrected chi connectivity index (χ4v) is 4.59. The number of likely N-dealkylation sites (N-methyl/N-ethyl adjacent to an activating group) is 1.